The Morgan fingerprint density at radius 1 is 1.11 bits per heavy atom. The number of hydrogen-bond acceptors (Lipinski definition) is 4. The van der Waals surface area contributed by atoms with Crippen molar-refractivity contribution in [2.75, 3.05) is 12.4 Å². The van der Waals surface area contributed by atoms with Crippen LogP contribution in [0.15, 0.2) is 60.8 Å². The van der Waals surface area contributed by atoms with E-state index in [1.54, 1.807) is 19.4 Å². The molecule has 0 aliphatic carbocycles. The van der Waals surface area contributed by atoms with Crippen LogP contribution in [0, 0.1) is 6.92 Å². The van der Waals surface area contributed by atoms with Crippen LogP contribution in [0.25, 0.3) is 0 Å². The van der Waals surface area contributed by atoms with Gasteiger partial charge in [0.25, 0.3) is 5.91 Å². The molecule has 0 spiro atoms. The first kappa shape index (κ1) is 18.7. The molecule has 1 heterocycles. The number of rotatable bonds is 6. The molecule has 6 heteroatoms. The van der Waals surface area contributed by atoms with E-state index in [4.69, 9.17) is 16.3 Å². The Labute approximate surface area is 163 Å². The van der Waals surface area contributed by atoms with E-state index in [9.17, 15) is 4.79 Å². The number of para-hydroxylation sites is 1. The molecule has 0 fully saturated rings. The molecule has 0 aliphatic heterocycles. The number of benzene rings is 2. The quantitative estimate of drug-likeness (QED) is 0.648. The molecule has 0 aliphatic rings. The predicted molar refractivity (Wildman–Crippen MR) is 108 cm³/mol. The van der Waals surface area contributed by atoms with Crippen LogP contribution in [0.4, 0.5) is 11.4 Å². The molecule has 0 bridgehead atoms. The molecular formula is C21H20ClN3O2. The molecule has 3 rings (SSSR count). The lowest BCUT2D eigenvalue weighted by molar-refractivity contribution is 0.0945. The van der Waals surface area contributed by atoms with Gasteiger partial charge in [0.2, 0.25) is 0 Å². The third-order valence-corrected chi connectivity index (χ3v) is 4.58. The van der Waals surface area contributed by atoms with E-state index in [1.165, 1.54) is 0 Å². The van der Waals surface area contributed by atoms with Crippen LogP contribution in [-0.4, -0.2) is 18.0 Å². The molecule has 1 aromatic heterocycles. The minimum Gasteiger partial charge on any atom is -0.496 e. The van der Waals surface area contributed by atoms with Crippen molar-refractivity contribution in [1.82, 2.24) is 10.3 Å². The molecule has 1 amide bonds. The minimum atomic E-state index is -0.244. The van der Waals surface area contributed by atoms with E-state index < -0.39 is 0 Å². The molecule has 0 unspecified atom stereocenters. The van der Waals surface area contributed by atoms with Gasteiger partial charge in [0, 0.05) is 22.8 Å². The van der Waals surface area contributed by atoms with Crippen LogP contribution in [0.3, 0.4) is 0 Å². The molecule has 0 atom stereocenters. The number of nitrogens with zero attached hydrogens (tertiary/aromatic N) is 1. The molecule has 3 aromatic rings. The molecule has 0 radical (unpaired) electrons. The Kier molecular flexibility index (Phi) is 5.94. The lowest BCUT2D eigenvalue weighted by Gasteiger charge is -2.11. The fourth-order valence-electron chi connectivity index (χ4n) is 2.62. The fourth-order valence-corrected chi connectivity index (χ4v) is 2.79. The van der Waals surface area contributed by atoms with Crippen molar-refractivity contribution in [1.29, 1.82) is 0 Å². The third-order valence-electron chi connectivity index (χ3n) is 4.17. The fraction of sp³-hybridized carbons (Fsp3) is 0.143. The summed E-state index contributed by atoms with van der Waals surface area (Å²) >= 11 is 6.14. The van der Waals surface area contributed by atoms with E-state index in [2.05, 4.69) is 15.6 Å². The van der Waals surface area contributed by atoms with Gasteiger partial charge in [-0.25, -0.2) is 4.98 Å². The number of halogens is 1. The van der Waals surface area contributed by atoms with Crippen LogP contribution in [0.2, 0.25) is 5.02 Å². The summed E-state index contributed by atoms with van der Waals surface area (Å²) in [6, 6.07) is 16.7. The molecule has 2 N–H and O–H groups in total. The summed E-state index contributed by atoms with van der Waals surface area (Å²) in [5.74, 6) is 0.494. The average Bonchev–Trinajstić information content (AvgIpc) is 2.70. The standard InChI is InChI=1S/C21H20ClN3O2/c1-14-17(22)7-5-8-18(14)25-16-10-11-19(23-13-16)21(26)24-12-15-6-3-4-9-20(15)27-2/h3-11,13,25H,12H2,1-2H3,(H,24,26). The average molecular weight is 382 g/mol. The monoisotopic (exact) mass is 381 g/mol. The first-order chi connectivity index (χ1) is 13.1. The number of amides is 1. The topological polar surface area (TPSA) is 63.2 Å². The minimum absolute atomic E-state index is 0.244. The van der Waals surface area contributed by atoms with Crippen molar-refractivity contribution in [3.8, 4) is 5.75 Å². The van der Waals surface area contributed by atoms with Crippen molar-refractivity contribution in [3.63, 3.8) is 0 Å². The predicted octanol–water partition coefficient (Wildman–Crippen LogP) is 4.73. The van der Waals surface area contributed by atoms with Crippen molar-refractivity contribution in [3.05, 3.63) is 82.6 Å². The second-order valence-corrected chi connectivity index (χ2v) is 6.37. The van der Waals surface area contributed by atoms with Gasteiger partial charge in [0.1, 0.15) is 11.4 Å². The van der Waals surface area contributed by atoms with Gasteiger partial charge in [-0.3, -0.25) is 4.79 Å². The number of nitrogens with one attached hydrogen (secondary N) is 2. The zero-order chi connectivity index (χ0) is 19.2. The first-order valence-electron chi connectivity index (χ1n) is 8.47. The Balaban J connectivity index is 1.64. The van der Waals surface area contributed by atoms with E-state index in [1.807, 2.05) is 55.5 Å². The van der Waals surface area contributed by atoms with Crippen LogP contribution >= 0.6 is 11.6 Å². The number of hydrogen-bond donors (Lipinski definition) is 2. The van der Waals surface area contributed by atoms with Gasteiger partial charge in [0.05, 0.1) is 19.0 Å². The Hall–Kier alpha value is -3.05. The van der Waals surface area contributed by atoms with Gasteiger partial charge in [0.15, 0.2) is 0 Å². The molecule has 2 aromatic carbocycles. The highest BCUT2D eigenvalue weighted by atomic mass is 35.5. The summed E-state index contributed by atoms with van der Waals surface area (Å²) in [5.41, 5.74) is 3.89. The zero-order valence-corrected chi connectivity index (χ0v) is 15.9. The largest absolute Gasteiger partial charge is 0.496 e. The summed E-state index contributed by atoms with van der Waals surface area (Å²) in [5, 5.41) is 6.81. The SMILES string of the molecule is COc1ccccc1CNC(=O)c1ccc(Nc2cccc(Cl)c2C)cn1. The van der Waals surface area contributed by atoms with Crippen LogP contribution < -0.4 is 15.4 Å². The van der Waals surface area contributed by atoms with Gasteiger partial charge in [-0.1, -0.05) is 35.9 Å². The first-order valence-corrected chi connectivity index (χ1v) is 8.84. The van der Waals surface area contributed by atoms with Gasteiger partial charge in [-0.05, 0) is 42.8 Å². The summed E-state index contributed by atoms with van der Waals surface area (Å²) in [7, 11) is 1.61. The highest BCUT2D eigenvalue weighted by molar-refractivity contribution is 6.31. The number of pyridine rings is 1. The lowest BCUT2D eigenvalue weighted by Crippen LogP contribution is -2.24. The Morgan fingerprint density at radius 2 is 1.93 bits per heavy atom. The maximum atomic E-state index is 12.3. The van der Waals surface area contributed by atoms with Gasteiger partial charge in [-0.15, -0.1) is 0 Å². The third kappa shape index (κ3) is 4.57. The molecule has 27 heavy (non-hydrogen) atoms. The highest BCUT2D eigenvalue weighted by Gasteiger charge is 2.09. The Bertz CT molecular complexity index is 942. The summed E-state index contributed by atoms with van der Waals surface area (Å²) in [4.78, 5) is 16.6. The number of ether oxygens (including phenoxy) is 1. The van der Waals surface area contributed by atoms with Crippen LogP contribution in [0.5, 0.6) is 5.75 Å². The lowest BCUT2D eigenvalue weighted by atomic mass is 10.2. The van der Waals surface area contributed by atoms with Gasteiger partial charge in [-0.2, -0.15) is 0 Å². The highest BCUT2D eigenvalue weighted by Crippen LogP contribution is 2.25. The molecule has 0 saturated carbocycles. The maximum absolute atomic E-state index is 12.3. The summed E-state index contributed by atoms with van der Waals surface area (Å²) in [6.45, 7) is 2.31. The Morgan fingerprint density at radius 3 is 2.67 bits per heavy atom. The molecule has 5 nitrogen and oxygen atoms in total. The smallest absolute Gasteiger partial charge is 0.270 e. The second-order valence-electron chi connectivity index (χ2n) is 5.96. The number of anilines is 2. The van der Waals surface area contributed by atoms with Gasteiger partial charge >= 0.3 is 0 Å². The normalized spacial score (nSPS) is 10.3. The number of carbonyl (C=O) groups excluding carboxylic acids is 1. The van der Waals surface area contributed by atoms with E-state index in [0.29, 0.717) is 17.3 Å². The van der Waals surface area contributed by atoms with Crippen molar-refractivity contribution in [2.24, 2.45) is 0 Å². The van der Waals surface area contributed by atoms with Gasteiger partial charge < -0.3 is 15.4 Å². The molecular weight excluding hydrogens is 362 g/mol. The maximum Gasteiger partial charge on any atom is 0.270 e. The van der Waals surface area contributed by atoms with Crippen LogP contribution in [0.1, 0.15) is 21.6 Å². The van der Waals surface area contributed by atoms with Crippen molar-refractivity contribution in [2.45, 2.75) is 13.5 Å². The second kappa shape index (κ2) is 8.56. The van der Waals surface area contributed by atoms with E-state index in [-0.39, 0.29) is 5.91 Å². The number of aromatic nitrogens is 1. The van der Waals surface area contributed by atoms with E-state index >= 15 is 0 Å². The van der Waals surface area contributed by atoms with E-state index in [0.717, 1.165) is 28.3 Å². The summed E-state index contributed by atoms with van der Waals surface area (Å²) < 4.78 is 5.29. The van der Waals surface area contributed by atoms with Crippen LogP contribution in [-0.2, 0) is 6.54 Å². The molecule has 0 saturated heterocycles. The number of carbonyl (C=O) groups is 1. The number of methoxy groups -OCH3 is 1. The summed E-state index contributed by atoms with van der Waals surface area (Å²) in [6.07, 6.45) is 1.62. The van der Waals surface area contributed by atoms with Crippen molar-refractivity contribution >= 4 is 28.9 Å². The molecule has 138 valence electrons. The van der Waals surface area contributed by atoms with Crippen molar-refractivity contribution < 1.29 is 9.53 Å². The zero-order valence-electron chi connectivity index (χ0n) is 15.1.